The molecular weight excluding hydrogens is 377 g/mol. The van der Waals surface area contributed by atoms with Crippen LogP contribution in [0.3, 0.4) is 0 Å². The number of nitrogens with zero attached hydrogens (tertiary/aromatic N) is 1. The van der Waals surface area contributed by atoms with Crippen LogP contribution in [0.5, 0.6) is 0 Å². The number of nitro benzene ring substituents is 1. The van der Waals surface area contributed by atoms with Gasteiger partial charge in [0.2, 0.25) is 0 Å². The van der Waals surface area contributed by atoms with E-state index in [1.54, 1.807) is 12.1 Å². The third-order valence-corrected chi connectivity index (χ3v) is 6.02. The lowest BCUT2D eigenvalue weighted by Gasteiger charge is -2.32. The van der Waals surface area contributed by atoms with Gasteiger partial charge in [-0.05, 0) is 63.6 Å². The van der Waals surface area contributed by atoms with Crippen LogP contribution in [-0.4, -0.2) is 23.2 Å². The molecular formula is C24H36BNO4. The summed E-state index contributed by atoms with van der Waals surface area (Å²) in [6, 6.07) is 6.79. The number of nitro groups is 1. The average molecular weight is 413 g/mol. The molecule has 1 aliphatic rings. The van der Waals surface area contributed by atoms with Crippen molar-refractivity contribution >= 4 is 18.9 Å². The summed E-state index contributed by atoms with van der Waals surface area (Å²) >= 11 is 0. The monoisotopic (exact) mass is 413 g/mol. The molecule has 1 aliphatic heterocycles. The zero-order valence-corrected chi connectivity index (χ0v) is 19.4. The molecule has 1 fully saturated rings. The van der Waals surface area contributed by atoms with Gasteiger partial charge in [0.15, 0.2) is 0 Å². The van der Waals surface area contributed by atoms with Gasteiger partial charge >= 0.3 is 7.12 Å². The highest BCUT2D eigenvalue weighted by Gasteiger charge is 2.52. The summed E-state index contributed by atoms with van der Waals surface area (Å²) in [6.07, 6.45) is 10.4. The number of allylic oxidation sites excluding steroid dienone is 3. The molecule has 0 atom stereocenters. The summed E-state index contributed by atoms with van der Waals surface area (Å²) < 4.78 is 12.8. The highest BCUT2D eigenvalue weighted by Crippen LogP contribution is 2.41. The second-order valence-corrected chi connectivity index (χ2v) is 9.02. The molecule has 0 bridgehead atoms. The molecule has 2 rings (SSSR count). The lowest BCUT2D eigenvalue weighted by molar-refractivity contribution is -0.384. The molecule has 5 nitrogen and oxygen atoms in total. The SMILES string of the molecule is CCCC/C=C(B1OC(C)(C)C(C)(C)O1)/C(=C/c1cccc([N+](=O)[O-])c1)CCCC. The molecule has 1 saturated heterocycles. The maximum absolute atomic E-state index is 11.2. The zero-order valence-electron chi connectivity index (χ0n) is 19.4. The number of hydrogen-bond acceptors (Lipinski definition) is 4. The normalized spacial score (nSPS) is 18.7. The van der Waals surface area contributed by atoms with Gasteiger partial charge in [-0.15, -0.1) is 0 Å². The second-order valence-electron chi connectivity index (χ2n) is 9.02. The van der Waals surface area contributed by atoms with Crippen LogP contribution in [0.4, 0.5) is 5.69 Å². The standard InChI is InChI=1S/C24H36BNO4/c1-7-9-11-16-22(25-29-23(3,4)24(5,6)30-25)20(14-10-8-2)17-19-13-12-15-21(18-19)26(27)28/h12-13,15-18H,7-11,14H2,1-6H3/b20-17+,22-16-. The predicted octanol–water partition coefficient (Wildman–Crippen LogP) is 6.92. The number of unbranched alkanes of at least 4 members (excludes halogenated alkanes) is 3. The molecule has 1 heterocycles. The van der Waals surface area contributed by atoms with E-state index in [9.17, 15) is 10.1 Å². The Morgan fingerprint density at radius 3 is 2.30 bits per heavy atom. The van der Waals surface area contributed by atoms with E-state index in [1.807, 2.05) is 6.07 Å². The highest BCUT2D eigenvalue weighted by atomic mass is 16.7. The third-order valence-electron chi connectivity index (χ3n) is 6.02. The van der Waals surface area contributed by atoms with Crippen molar-refractivity contribution in [2.24, 2.45) is 0 Å². The first kappa shape index (κ1) is 24.4. The Balaban J connectivity index is 2.48. The van der Waals surface area contributed by atoms with Gasteiger partial charge in [-0.25, -0.2) is 0 Å². The minimum atomic E-state index is -0.436. The molecule has 0 N–H and O–H groups in total. The Morgan fingerprint density at radius 1 is 1.10 bits per heavy atom. The number of benzene rings is 1. The van der Waals surface area contributed by atoms with Crippen LogP contribution >= 0.6 is 0 Å². The van der Waals surface area contributed by atoms with Gasteiger partial charge in [-0.2, -0.15) is 0 Å². The van der Waals surface area contributed by atoms with Crippen molar-refractivity contribution in [3.8, 4) is 0 Å². The van der Waals surface area contributed by atoms with Crippen LogP contribution in [-0.2, 0) is 9.31 Å². The molecule has 0 radical (unpaired) electrons. The molecule has 0 spiro atoms. The summed E-state index contributed by atoms with van der Waals surface area (Å²) in [7, 11) is -0.436. The fourth-order valence-corrected chi connectivity index (χ4v) is 3.41. The molecule has 0 aliphatic carbocycles. The van der Waals surface area contributed by atoms with E-state index in [0.29, 0.717) is 0 Å². The summed E-state index contributed by atoms with van der Waals surface area (Å²) in [6.45, 7) is 12.6. The van der Waals surface area contributed by atoms with Gasteiger partial charge in [0.05, 0.1) is 16.1 Å². The van der Waals surface area contributed by atoms with Gasteiger partial charge in [-0.3, -0.25) is 10.1 Å². The van der Waals surface area contributed by atoms with E-state index in [-0.39, 0.29) is 10.6 Å². The first-order chi connectivity index (χ1) is 14.1. The number of hydrogen-bond donors (Lipinski definition) is 0. The van der Waals surface area contributed by atoms with Gasteiger partial charge in [0, 0.05) is 12.1 Å². The lowest BCUT2D eigenvalue weighted by Crippen LogP contribution is -2.41. The molecule has 1 aromatic carbocycles. The first-order valence-corrected chi connectivity index (χ1v) is 11.1. The second kappa shape index (κ2) is 10.4. The molecule has 0 aromatic heterocycles. The Kier molecular flexibility index (Phi) is 8.45. The van der Waals surface area contributed by atoms with E-state index >= 15 is 0 Å². The van der Waals surface area contributed by atoms with Crippen molar-refractivity contribution in [3.63, 3.8) is 0 Å². The fourth-order valence-electron chi connectivity index (χ4n) is 3.41. The molecule has 1 aromatic rings. The average Bonchev–Trinajstić information content (AvgIpc) is 2.89. The van der Waals surface area contributed by atoms with E-state index in [2.05, 4.69) is 53.7 Å². The third kappa shape index (κ3) is 6.05. The van der Waals surface area contributed by atoms with Gasteiger partial charge < -0.3 is 9.31 Å². The minimum absolute atomic E-state index is 0.103. The lowest BCUT2D eigenvalue weighted by atomic mass is 9.71. The maximum Gasteiger partial charge on any atom is 0.494 e. The topological polar surface area (TPSA) is 61.6 Å². The van der Waals surface area contributed by atoms with Gasteiger partial charge in [-0.1, -0.05) is 57.4 Å². The molecule has 164 valence electrons. The van der Waals surface area contributed by atoms with Crippen LogP contribution in [0.25, 0.3) is 6.08 Å². The Morgan fingerprint density at radius 2 is 1.73 bits per heavy atom. The van der Waals surface area contributed by atoms with Crippen molar-refractivity contribution in [2.75, 3.05) is 0 Å². The Hall–Kier alpha value is -1.92. The molecule has 30 heavy (non-hydrogen) atoms. The van der Waals surface area contributed by atoms with Crippen molar-refractivity contribution in [3.05, 3.63) is 57.1 Å². The van der Waals surface area contributed by atoms with Crippen LogP contribution in [0.2, 0.25) is 0 Å². The molecule has 0 amide bonds. The van der Waals surface area contributed by atoms with E-state index in [0.717, 1.165) is 55.1 Å². The quantitative estimate of drug-likeness (QED) is 0.137. The predicted molar refractivity (Wildman–Crippen MR) is 124 cm³/mol. The van der Waals surface area contributed by atoms with Crippen LogP contribution in [0.1, 0.15) is 85.6 Å². The van der Waals surface area contributed by atoms with E-state index in [4.69, 9.17) is 9.31 Å². The molecule has 6 heteroatoms. The fraction of sp³-hybridized carbons (Fsp3) is 0.583. The maximum atomic E-state index is 11.2. The minimum Gasteiger partial charge on any atom is -0.399 e. The van der Waals surface area contributed by atoms with Crippen molar-refractivity contribution in [1.29, 1.82) is 0 Å². The number of rotatable bonds is 10. The highest BCUT2D eigenvalue weighted by molar-refractivity contribution is 6.56. The van der Waals surface area contributed by atoms with Crippen LogP contribution < -0.4 is 0 Å². The summed E-state index contributed by atoms with van der Waals surface area (Å²) in [5.41, 5.74) is 2.29. The van der Waals surface area contributed by atoms with Crippen LogP contribution in [0, 0.1) is 10.1 Å². The summed E-state index contributed by atoms with van der Waals surface area (Å²) in [5, 5.41) is 11.2. The van der Waals surface area contributed by atoms with Gasteiger partial charge in [0.25, 0.3) is 5.69 Å². The first-order valence-electron chi connectivity index (χ1n) is 11.1. The number of non-ortho nitro benzene ring substituents is 1. The van der Waals surface area contributed by atoms with Crippen molar-refractivity contribution in [1.82, 2.24) is 0 Å². The largest absolute Gasteiger partial charge is 0.494 e. The van der Waals surface area contributed by atoms with E-state index in [1.165, 1.54) is 6.07 Å². The van der Waals surface area contributed by atoms with Crippen molar-refractivity contribution in [2.45, 2.75) is 91.3 Å². The van der Waals surface area contributed by atoms with Crippen molar-refractivity contribution < 1.29 is 14.2 Å². The summed E-state index contributed by atoms with van der Waals surface area (Å²) in [5.74, 6) is 0. The summed E-state index contributed by atoms with van der Waals surface area (Å²) in [4.78, 5) is 10.9. The smallest absolute Gasteiger partial charge is 0.399 e. The molecule has 0 saturated carbocycles. The van der Waals surface area contributed by atoms with E-state index < -0.39 is 18.3 Å². The van der Waals surface area contributed by atoms with Crippen LogP contribution in [0.15, 0.2) is 41.4 Å². The zero-order chi connectivity index (χ0) is 22.4. The Labute approximate surface area is 181 Å². The molecule has 0 unspecified atom stereocenters. The Bertz CT molecular complexity index is 782. The van der Waals surface area contributed by atoms with Gasteiger partial charge in [0.1, 0.15) is 0 Å².